The van der Waals surface area contributed by atoms with E-state index in [1.807, 2.05) is 0 Å². The lowest BCUT2D eigenvalue weighted by atomic mass is 10.2. The van der Waals surface area contributed by atoms with Crippen LogP contribution in [0.3, 0.4) is 0 Å². The lowest BCUT2D eigenvalue weighted by Gasteiger charge is -2.08. The van der Waals surface area contributed by atoms with Gasteiger partial charge < -0.3 is 14.7 Å². The SMILES string of the molecule is OB(O)Oc1c(F)c(F)c(F)c(F)c1F.P.P. The van der Waals surface area contributed by atoms with E-state index in [4.69, 9.17) is 10.0 Å². The number of rotatable bonds is 2. The molecule has 1 aromatic carbocycles. The Hall–Kier alpha value is -0.485. The predicted molar refractivity (Wildman–Crippen MR) is 59.3 cm³/mol. The normalized spacial score (nSPS) is 9.12. The highest BCUT2D eigenvalue weighted by Crippen LogP contribution is 2.28. The lowest BCUT2D eigenvalue weighted by Crippen LogP contribution is -2.23. The van der Waals surface area contributed by atoms with E-state index in [9.17, 15) is 22.0 Å². The molecule has 1 rings (SSSR count). The Kier molecular flexibility index (Phi) is 7.84. The monoisotopic (exact) mass is 296 g/mol. The first-order valence-electron chi connectivity index (χ1n) is 3.40. The molecule has 3 nitrogen and oxygen atoms in total. The third kappa shape index (κ3) is 3.74. The zero-order chi connectivity index (χ0) is 11.7. The van der Waals surface area contributed by atoms with E-state index in [-0.39, 0.29) is 19.8 Å². The Morgan fingerprint density at radius 1 is 0.706 bits per heavy atom. The first-order chi connectivity index (χ1) is 6.86. The summed E-state index contributed by atoms with van der Waals surface area (Å²) >= 11 is 0. The Morgan fingerprint density at radius 2 is 1.00 bits per heavy atom. The van der Waals surface area contributed by atoms with Crippen molar-refractivity contribution in [3.8, 4) is 5.75 Å². The standard InChI is InChI=1S/C6H2BF5O3.2H3P/c8-1-2(9)4(11)6(15-7(13)14)5(12)3(1)10;;/h13-14H;2*1H3. The van der Waals surface area contributed by atoms with Gasteiger partial charge in [-0.15, -0.1) is 0 Å². The fourth-order valence-electron chi connectivity index (χ4n) is 0.794. The molecule has 98 valence electrons. The van der Waals surface area contributed by atoms with Gasteiger partial charge in [0.15, 0.2) is 5.75 Å². The van der Waals surface area contributed by atoms with Crippen molar-refractivity contribution in [3.63, 3.8) is 0 Å². The molecule has 0 spiro atoms. The minimum Gasteiger partial charge on any atom is -0.507 e. The summed E-state index contributed by atoms with van der Waals surface area (Å²) < 4.78 is 66.3. The average Bonchev–Trinajstić information content (AvgIpc) is 2.18. The molecule has 0 aliphatic carbocycles. The molecule has 0 amide bonds. The predicted octanol–water partition coefficient (Wildman–Crippen LogP) is 0.847. The summed E-state index contributed by atoms with van der Waals surface area (Å²) in [4.78, 5) is 0. The van der Waals surface area contributed by atoms with Crippen molar-refractivity contribution >= 4 is 27.1 Å². The van der Waals surface area contributed by atoms with Gasteiger partial charge in [-0.25, -0.2) is 13.2 Å². The molecule has 0 radical (unpaired) electrons. The van der Waals surface area contributed by atoms with Gasteiger partial charge in [-0.3, -0.25) is 0 Å². The van der Waals surface area contributed by atoms with Crippen LogP contribution in [0.4, 0.5) is 22.0 Å². The molecule has 0 bridgehead atoms. The summed E-state index contributed by atoms with van der Waals surface area (Å²) in [7, 11) is -2.70. The van der Waals surface area contributed by atoms with Crippen LogP contribution in [0.25, 0.3) is 0 Å². The molecular weight excluding hydrogens is 288 g/mol. The van der Waals surface area contributed by atoms with E-state index in [2.05, 4.69) is 4.65 Å². The molecule has 11 heteroatoms. The molecule has 17 heavy (non-hydrogen) atoms. The van der Waals surface area contributed by atoms with E-state index in [0.717, 1.165) is 0 Å². The molecule has 0 saturated heterocycles. The van der Waals surface area contributed by atoms with Crippen molar-refractivity contribution in [1.29, 1.82) is 0 Å². The second-order valence-corrected chi connectivity index (χ2v) is 2.34. The Morgan fingerprint density at radius 3 is 1.29 bits per heavy atom. The topological polar surface area (TPSA) is 49.7 Å². The maximum atomic E-state index is 12.7. The van der Waals surface area contributed by atoms with Gasteiger partial charge in [0.25, 0.3) is 0 Å². The molecule has 2 N–H and O–H groups in total. The summed E-state index contributed by atoms with van der Waals surface area (Å²) in [6.07, 6.45) is 0. The maximum absolute atomic E-state index is 12.7. The van der Waals surface area contributed by atoms with E-state index in [1.54, 1.807) is 0 Å². The van der Waals surface area contributed by atoms with Crippen molar-refractivity contribution in [2.24, 2.45) is 0 Å². The molecule has 2 unspecified atom stereocenters. The van der Waals surface area contributed by atoms with Gasteiger partial charge >= 0.3 is 7.32 Å². The summed E-state index contributed by atoms with van der Waals surface area (Å²) in [6, 6.07) is 0. The van der Waals surface area contributed by atoms with Gasteiger partial charge in [-0.1, -0.05) is 0 Å². The van der Waals surface area contributed by atoms with Crippen molar-refractivity contribution in [3.05, 3.63) is 29.1 Å². The third-order valence-electron chi connectivity index (χ3n) is 1.39. The quantitative estimate of drug-likeness (QED) is 0.280. The van der Waals surface area contributed by atoms with E-state index < -0.39 is 42.2 Å². The first-order valence-corrected chi connectivity index (χ1v) is 3.40. The van der Waals surface area contributed by atoms with Gasteiger partial charge in [0.05, 0.1) is 0 Å². The van der Waals surface area contributed by atoms with Crippen LogP contribution >= 0.6 is 19.8 Å². The molecule has 2 atom stereocenters. The fourth-order valence-corrected chi connectivity index (χ4v) is 0.794. The minimum absolute atomic E-state index is 0. The van der Waals surface area contributed by atoms with Crippen LogP contribution in [0, 0.1) is 29.1 Å². The van der Waals surface area contributed by atoms with Crippen LogP contribution in [0.1, 0.15) is 0 Å². The van der Waals surface area contributed by atoms with Gasteiger partial charge in [0.1, 0.15) is 0 Å². The van der Waals surface area contributed by atoms with Crippen molar-refractivity contribution in [2.75, 3.05) is 0 Å². The van der Waals surface area contributed by atoms with E-state index in [0.29, 0.717) is 0 Å². The number of hydrogen-bond donors (Lipinski definition) is 2. The van der Waals surface area contributed by atoms with E-state index in [1.165, 1.54) is 0 Å². The van der Waals surface area contributed by atoms with Crippen LogP contribution in [0.2, 0.25) is 0 Å². The Labute approximate surface area is 99.4 Å². The molecule has 0 aromatic heterocycles. The molecule has 0 heterocycles. The molecule has 1 aromatic rings. The summed E-state index contributed by atoms with van der Waals surface area (Å²) in [5.74, 6) is -13.1. The fraction of sp³-hybridized carbons (Fsp3) is 0. The first kappa shape index (κ1) is 18.9. The summed E-state index contributed by atoms with van der Waals surface area (Å²) in [5.41, 5.74) is 0. The highest BCUT2D eigenvalue weighted by molar-refractivity contribution is 6.92. The average molecular weight is 296 g/mol. The zero-order valence-electron chi connectivity index (χ0n) is 8.18. The number of benzene rings is 1. The molecule has 0 saturated carbocycles. The molecule has 0 aliphatic rings. The Balaban J connectivity index is 0. The van der Waals surface area contributed by atoms with Crippen LogP contribution in [-0.2, 0) is 0 Å². The van der Waals surface area contributed by atoms with Gasteiger partial charge in [0, 0.05) is 0 Å². The van der Waals surface area contributed by atoms with Crippen LogP contribution in [0.5, 0.6) is 5.75 Å². The van der Waals surface area contributed by atoms with Gasteiger partial charge in [-0.05, 0) is 0 Å². The maximum Gasteiger partial charge on any atom is 0.707 e. The largest absolute Gasteiger partial charge is 0.707 e. The van der Waals surface area contributed by atoms with Crippen LogP contribution in [-0.4, -0.2) is 17.4 Å². The molecule has 0 aliphatic heterocycles. The molecular formula is C6H8BF5O3P2. The lowest BCUT2D eigenvalue weighted by molar-refractivity contribution is 0.263. The molecule has 0 fully saturated rings. The van der Waals surface area contributed by atoms with Crippen molar-refractivity contribution in [1.82, 2.24) is 0 Å². The van der Waals surface area contributed by atoms with Crippen molar-refractivity contribution in [2.45, 2.75) is 0 Å². The smallest absolute Gasteiger partial charge is 0.507 e. The van der Waals surface area contributed by atoms with Crippen LogP contribution < -0.4 is 4.65 Å². The van der Waals surface area contributed by atoms with Gasteiger partial charge in [0.2, 0.25) is 29.1 Å². The van der Waals surface area contributed by atoms with Gasteiger partial charge in [-0.2, -0.15) is 28.6 Å². The summed E-state index contributed by atoms with van der Waals surface area (Å²) in [5, 5.41) is 16.3. The minimum atomic E-state index is -2.70. The van der Waals surface area contributed by atoms with Crippen LogP contribution in [0.15, 0.2) is 0 Å². The van der Waals surface area contributed by atoms with E-state index >= 15 is 0 Å². The second-order valence-electron chi connectivity index (χ2n) is 2.34. The number of hydrogen-bond acceptors (Lipinski definition) is 3. The highest BCUT2D eigenvalue weighted by Gasteiger charge is 2.29. The zero-order valence-corrected chi connectivity index (χ0v) is 11.0. The highest BCUT2D eigenvalue weighted by atomic mass is 31.0. The van der Waals surface area contributed by atoms with Crippen molar-refractivity contribution < 1.29 is 36.7 Å². The summed E-state index contributed by atoms with van der Waals surface area (Å²) in [6.45, 7) is 0. The Bertz CT molecular complexity index is 377. The third-order valence-corrected chi connectivity index (χ3v) is 1.39. The number of halogens is 5. The second kappa shape index (κ2) is 7.06.